The van der Waals surface area contributed by atoms with Crippen LogP contribution in [0.25, 0.3) is 11.1 Å². The number of morpholine rings is 1. The molecule has 1 aromatic heterocycles. The molecule has 2 aromatic rings. The number of benzene rings is 1. The Hall–Kier alpha value is -2.08. The fourth-order valence-electron chi connectivity index (χ4n) is 2.75. The molecule has 0 bridgehead atoms. The average Bonchev–Trinajstić information content (AvgIpc) is 2.97. The average molecular weight is 304 g/mol. The van der Waals surface area contributed by atoms with E-state index in [1.165, 1.54) is 7.11 Å². The second-order valence-electron chi connectivity index (χ2n) is 5.72. The van der Waals surface area contributed by atoms with Crippen LogP contribution in [-0.4, -0.2) is 43.9 Å². The van der Waals surface area contributed by atoms with Crippen LogP contribution in [0.2, 0.25) is 0 Å². The zero-order valence-corrected chi connectivity index (χ0v) is 13.0. The molecular weight excluding hydrogens is 284 g/mol. The van der Waals surface area contributed by atoms with E-state index in [9.17, 15) is 4.79 Å². The Balaban J connectivity index is 2.02. The molecule has 0 unspecified atom stereocenters. The summed E-state index contributed by atoms with van der Waals surface area (Å²) >= 11 is 0. The van der Waals surface area contributed by atoms with Crippen molar-refractivity contribution >= 4 is 23.1 Å². The number of hydrogen-bond acceptors (Lipinski definition) is 6. The van der Waals surface area contributed by atoms with E-state index in [1.807, 2.05) is 6.07 Å². The lowest BCUT2D eigenvalue weighted by Gasteiger charge is -2.36. The third-order valence-electron chi connectivity index (χ3n) is 3.99. The number of carbonyl (C=O) groups excluding carboxylic acids is 1. The number of esters is 1. The molecule has 0 spiro atoms. The molecule has 0 N–H and O–H groups in total. The standard InChI is InChI=1S/C16H20N2O4/c1-10(2)12-9-21-8-7-18(12)16-17-14-11(15(19)20-3)5-4-6-13(14)22-16/h4-6,10,12H,7-9H2,1-3H3/t12-/m0/s1. The predicted molar refractivity (Wildman–Crippen MR) is 82.1 cm³/mol. The zero-order chi connectivity index (χ0) is 15.7. The van der Waals surface area contributed by atoms with Crippen LogP contribution < -0.4 is 4.90 Å². The van der Waals surface area contributed by atoms with E-state index in [2.05, 4.69) is 23.7 Å². The number of aromatic nitrogens is 1. The summed E-state index contributed by atoms with van der Waals surface area (Å²) in [6.45, 7) is 6.32. The van der Waals surface area contributed by atoms with Crippen LogP contribution in [0, 0.1) is 5.92 Å². The minimum absolute atomic E-state index is 0.211. The Labute approximate surface area is 129 Å². The summed E-state index contributed by atoms with van der Waals surface area (Å²) < 4.78 is 16.2. The van der Waals surface area contributed by atoms with Crippen molar-refractivity contribution in [2.75, 3.05) is 31.8 Å². The third kappa shape index (κ3) is 2.54. The number of oxazole rings is 1. The quantitative estimate of drug-likeness (QED) is 0.812. The first-order chi connectivity index (χ1) is 10.6. The van der Waals surface area contributed by atoms with Gasteiger partial charge in [-0.3, -0.25) is 0 Å². The number of carbonyl (C=O) groups is 1. The second kappa shape index (κ2) is 5.96. The van der Waals surface area contributed by atoms with Gasteiger partial charge in [0.05, 0.1) is 31.9 Å². The molecule has 0 aliphatic carbocycles. The normalized spacial score (nSPS) is 18.9. The van der Waals surface area contributed by atoms with E-state index in [4.69, 9.17) is 13.9 Å². The van der Waals surface area contributed by atoms with Gasteiger partial charge < -0.3 is 18.8 Å². The van der Waals surface area contributed by atoms with Crippen molar-refractivity contribution in [3.63, 3.8) is 0 Å². The van der Waals surface area contributed by atoms with Crippen molar-refractivity contribution in [1.82, 2.24) is 4.98 Å². The maximum absolute atomic E-state index is 11.8. The van der Waals surface area contributed by atoms with Gasteiger partial charge in [-0.25, -0.2) is 4.79 Å². The first kappa shape index (κ1) is 14.8. The van der Waals surface area contributed by atoms with E-state index in [-0.39, 0.29) is 6.04 Å². The maximum Gasteiger partial charge on any atom is 0.340 e. The molecule has 1 atom stereocenters. The van der Waals surface area contributed by atoms with Gasteiger partial charge in [0.2, 0.25) is 0 Å². The number of anilines is 1. The predicted octanol–water partition coefficient (Wildman–Crippen LogP) is 2.48. The molecule has 3 rings (SSSR count). The molecule has 1 saturated heterocycles. The minimum atomic E-state index is -0.409. The Bertz CT molecular complexity index is 680. The summed E-state index contributed by atoms with van der Waals surface area (Å²) in [5.41, 5.74) is 1.55. The Morgan fingerprint density at radius 2 is 2.27 bits per heavy atom. The van der Waals surface area contributed by atoms with Crippen LogP contribution in [-0.2, 0) is 9.47 Å². The maximum atomic E-state index is 11.8. The number of para-hydroxylation sites is 1. The van der Waals surface area contributed by atoms with E-state index in [0.717, 1.165) is 6.54 Å². The first-order valence-electron chi connectivity index (χ1n) is 7.44. The molecule has 0 radical (unpaired) electrons. The van der Waals surface area contributed by atoms with Gasteiger partial charge in [0, 0.05) is 6.54 Å². The number of rotatable bonds is 3. The van der Waals surface area contributed by atoms with Crippen LogP contribution in [0.1, 0.15) is 24.2 Å². The number of hydrogen-bond donors (Lipinski definition) is 0. The van der Waals surface area contributed by atoms with Crippen molar-refractivity contribution in [1.29, 1.82) is 0 Å². The summed E-state index contributed by atoms with van der Waals surface area (Å²) in [4.78, 5) is 18.5. The highest BCUT2D eigenvalue weighted by atomic mass is 16.5. The summed E-state index contributed by atoms with van der Waals surface area (Å²) in [6, 6.07) is 6.02. The third-order valence-corrected chi connectivity index (χ3v) is 3.99. The van der Waals surface area contributed by atoms with E-state index in [1.54, 1.807) is 12.1 Å². The molecule has 22 heavy (non-hydrogen) atoms. The molecule has 0 saturated carbocycles. The van der Waals surface area contributed by atoms with Gasteiger partial charge in [0.25, 0.3) is 6.01 Å². The van der Waals surface area contributed by atoms with Crippen LogP contribution in [0.3, 0.4) is 0 Å². The van der Waals surface area contributed by atoms with Gasteiger partial charge in [0.1, 0.15) is 5.52 Å². The number of ether oxygens (including phenoxy) is 2. The van der Waals surface area contributed by atoms with Gasteiger partial charge in [-0.15, -0.1) is 0 Å². The van der Waals surface area contributed by atoms with Gasteiger partial charge in [-0.05, 0) is 18.1 Å². The van der Waals surface area contributed by atoms with Gasteiger partial charge in [0.15, 0.2) is 5.58 Å². The topological polar surface area (TPSA) is 64.8 Å². The smallest absolute Gasteiger partial charge is 0.340 e. The van der Waals surface area contributed by atoms with Gasteiger partial charge >= 0.3 is 5.97 Å². The summed E-state index contributed by atoms with van der Waals surface area (Å²) in [5, 5.41) is 0. The summed E-state index contributed by atoms with van der Waals surface area (Å²) in [7, 11) is 1.36. The van der Waals surface area contributed by atoms with Crippen LogP contribution in [0.5, 0.6) is 0 Å². The molecular formula is C16H20N2O4. The van der Waals surface area contributed by atoms with Crippen molar-refractivity contribution in [3.05, 3.63) is 23.8 Å². The number of fused-ring (bicyclic) bond motifs is 1. The molecule has 118 valence electrons. The lowest BCUT2D eigenvalue weighted by molar-refractivity contribution is 0.0602. The molecule has 0 amide bonds. The molecule has 2 heterocycles. The van der Waals surface area contributed by atoms with Crippen LogP contribution in [0.15, 0.2) is 22.6 Å². The Morgan fingerprint density at radius 1 is 1.45 bits per heavy atom. The fourth-order valence-corrected chi connectivity index (χ4v) is 2.75. The Morgan fingerprint density at radius 3 is 3.00 bits per heavy atom. The summed E-state index contributed by atoms with van der Waals surface area (Å²) in [5.74, 6) is 0.00299. The van der Waals surface area contributed by atoms with Gasteiger partial charge in [-0.1, -0.05) is 19.9 Å². The highest BCUT2D eigenvalue weighted by Crippen LogP contribution is 2.28. The highest BCUT2D eigenvalue weighted by molar-refractivity contribution is 6.01. The van der Waals surface area contributed by atoms with Gasteiger partial charge in [-0.2, -0.15) is 4.98 Å². The Kier molecular flexibility index (Phi) is 4.02. The monoisotopic (exact) mass is 304 g/mol. The van der Waals surface area contributed by atoms with E-state index in [0.29, 0.717) is 41.8 Å². The first-order valence-corrected chi connectivity index (χ1v) is 7.44. The van der Waals surface area contributed by atoms with Crippen LogP contribution >= 0.6 is 0 Å². The molecule has 1 fully saturated rings. The minimum Gasteiger partial charge on any atom is -0.465 e. The molecule has 6 heteroatoms. The lowest BCUT2D eigenvalue weighted by Crippen LogP contribution is -2.48. The van der Waals surface area contributed by atoms with Crippen LogP contribution in [0.4, 0.5) is 6.01 Å². The lowest BCUT2D eigenvalue weighted by atomic mass is 10.0. The molecule has 6 nitrogen and oxygen atoms in total. The largest absolute Gasteiger partial charge is 0.465 e. The highest BCUT2D eigenvalue weighted by Gasteiger charge is 2.30. The SMILES string of the molecule is COC(=O)c1cccc2oc(N3CCOC[C@H]3C(C)C)nc12. The zero-order valence-electron chi connectivity index (χ0n) is 13.0. The van der Waals surface area contributed by atoms with E-state index >= 15 is 0 Å². The fraction of sp³-hybridized carbons (Fsp3) is 0.500. The molecule has 1 aliphatic rings. The molecule has 1 aliphatic heterocycles. The van der Waals surface area contributed by atoms with Crippen molar-refractivity contribution < 1.29 is 18.7 Å². The number of methoxy groups -OCH3 is 1. The second-order valence-corrected chi connectivity index (χ2v) is 5.72. The van der Waals surface area contributed by atoms with Crippen molar-refractivity contribution in [2.24, 2.45) is 5.92 Å². The number of nitrogens with zero attached hydrogens (tertiary/aromatic N) is 2. The van der Waals surface area contributed by atoms with E-state index < -0.39 is 5.97 Å². The summed E-state index contributed by atoms with van der Waals surface area (Å²) in [6.07, 6.45) is 0. The van der Waals surface area contributed by atoms with Crippen molar-refractivity contribution in [2.45, 2.75) is 19.9 Å². The molecule has 1 aromatic carbocycles. The van der Waals surface area contributed by atoms with Crippen molar-refractivity contribution in [3.8, 4) is 0 Å².